The third-order valence-corrected chi connectivity index (χ3v) is 5.63. The van der Waals surface area contributed by atoms with Crippen LogP contribution >= 0.6 is 0 Å². The number of aromatic nitrogens is 2. The fourth-order valence-corrected chi connectivity index (χ4v) is 4.39. The van der Waals surface area contributed by atoms with E-state index < -0.39 is 0 Å². The molecule has 4 nitrogen and oxygen atoms in total. The zero-order chi connectivity index (χ0) is 16.4. The SMILES string of the molecule is Cc1c(C(=O)N2CCC[C@@H]2C2CCCCC2)cnn1CC(C)C. The summed E-state index contributed by atoms with van der Waals surface area (Å²) in [6.07, 6.45) is 10.8. The Labute approximate surface area is 140 Å². The molecule has 0 aromatic carbocycles. The van der Waals surface area contributed by atoms with Crippen molar-refractivity contribution in [2.75, 3.05) is 6.54 Å². The van der Waals surface area contributed by atoms with Gasteiger partial charge in [-0.2, -0.15) is 5.10 Å². The van der Waals surface area contributed by atoms with Gasteiger partial charge in [-0.3, -0.25) is 9.48 Å². The minimum absolute atomic E-state index is 0.213. The molecule has 3 rings (SSSR count). The number of carbonyl (C=O) groups is 1. The maximum atomic E-state index is 13.1. The number of rotatable bonds is 4. The Morgan fingerprint density at radius 2 is 1.96 bits per heavy atom. The summed E-state index contributed by atoms with van der Waals surface area (Å²) in [5, 5.41) is 4.46. The van der Waals surface area contributed by atoms with Crippen LogP contribution in [0.3, 0.4) is 0 Å². The molecular weight excluding hydrogens is 286 g/mol. The van der Waals surface area contributed by atoms with E-state index in [4.69, 9.17) is 0 Å². The van der Waals surface area contributed by atoms with Crippen LogP contribution in [0.5, 0.6) is 0 Å². The summed E-state index contributed by atoms with van der Waals surface area (Å²) in [5.41, 5.74) is 1.84. The van der Waals surface area contributed by atoms with E-state index in [0.29, 0.717) is 12.0 Å². The topological polar surface area (TPSA) is 38.1 Å². The predicted octanol–water partition coefficient (Wildman–Crippen LogP) is 4.03. The van der Waals surface area contributed by atoms with Crippen molar-refractivity contribution >= 4 is 5.91 Å². The van der Waals surface area contributed by atoms with Gasteiger partial charge in [0.2, 0.25) is 0 Å². The van der Waals surface area contributed by atoms with Gasteiger partial charge in [-0.1, -0.05) is 33.1 Å². The first-order valence-corrected chi connectivity index (χ1v) is 9.41. The molecule has 1 saturated carbocycles. The molecule has 4 heteroatoms. The van der Waals surface area contributed by atoms with E-state index in [1.54, 1.807) is 6.20 Å². The van der Waals surface area contributed by atoms with E-state index in [9.17, 15) is 4.79 Å². The Bertz CT molecular complexity index is 543. The number of likely N-dealkylation sites (tertiary alicyclic amines) is 1. The number of nitrogens with zero attached hydrogens (tertiary/aromatic N) is 3. The van der Waals surface area contributed by atoms with Crippen LogP contribution in [0.2, 0.25) is 0 Å². The second kappa shape index (κ2) is 7.06. The first-order valence-electron chi connectivity index (χ1n) is 9.41. The average molecular weight is 317 g/mol. The normalized spacial score (nSPS) is 23.0. The Balaban J connectivity index is 1.75. The summed E-state index contributed by atoms with van der Waals surface area (Å²) < 4.78 is 1.99. The molecule has 1 aliphatic heterocycles. The second-order valence-corrected chi connectivity index (χ2v) is 7.83. The van der Waals surface area contributed by atoms with Crippen LogP contribution < -0.4 is 0 Å². The highest BCUT2D eigenvalue weighted by Gasteiger charge is 2.36. The summed E-state index contributed by atoms with van der Waals surface area (Å²) >= 11 is 0. The molecule has 1 atom stereocenters. The van der Waals surface area contributed by atoms with E-state index in [1.807, 2.05) is 11.6 Å². The number of amides is 1. The largest absolute Gasteiger partial charge is 0.335 e. The van der Waals surface area contributed by atoms with E-state index in [-0.39, 0.29) is 5.91 Å². The summed E-state index contributed by atoms with van der Waals surface area (Å²) in [4.78, 5) is 15.3. The van der Waals surface area contributed by atoms with Crippen molar-refractivity contribution in [2.45, 2.75) is 78.3 Å². The molecule has 2 fully saturated rings. The lowest BCUT2D eigenvalue weighted by atomic mass is 9.83. The van der Waals surface area contributed by atoms with Gasteiger partial charge in [-0.25, -0.2) is 0 Å². The Morgan fingerprint density at radius 1 is 1.22 bits per heavy atom. The quantitative estimate of drug-likeness (QED) is 0.841. The molecule has 0 bridgehead atoms. The van der Waals surface area contributed by atoms with Crippen LogP contribution in [0, 0.1) is 18.8 Å². The van der Waals surface area contributed by atoms with Gasteiger partial charge in [0, 0.05) is 24.8 Å². The van der Waals surface area contributed by atoms with Crippen LogP contribution in [0.1, 0.15) is 74.8 Å². The first kappa shape index (κ1) is 16.5. The molecule has 0 radical (unpaired) electrons. The number of hydrogen-bond donors (Lipinski definition) is 0. The summed E-state index contributed by atoms with van der Waals surface area (Å²) in [6.45, 7) is 8.21. The number of carbonyl (C=O) groups excluding carboxylic acids is 1. The molecule has 1 aliphatic carbocycles. The molecule has 1 aromatic rings. The van der Waals surface area contributed by atoms with Gasteiger partial charge in [-0.05, 0) is 44.4 Å². The van der Waals surface area contributed by atoms with Crippen molar-refractivity contribution in [2.24, 2.45) is 11.8 Å². The van der Waals surface area contributed by atoms with Crippen molar-refractivity contribution in [1.82, 2.24) is 14.7 Å². The molecule has 23 heavy (non-hydrogen) atoms. The first-order chi connectivity index (χ1) is 11.1. The Kier molecular flexibility index (Phi) is 5.08. The molecule has 1 amide bonds. The van der Waals surface area contributed by atoms with E-state index in [0.717, 1.165) is 36.7 Å². The monoisotopic (exact) mass is 317 g/mol. The van der Waals surface area contributed by atoms with Crippen LogP contribution in [-0.4, -0.2) is 33.2 Å². The van der Waals surface area contributed by atoms with Crippen LogP contribution in [-0.2, 0) is 6.54 Å². The zero-order valence-electron chi connectivity index (χ0n) is 14.9. The lowest BCUT2D eigenvalue weighted by Gasteiger charge is -2.34. The Morgan fingerprint density at radius 3 is 2.65 bits per heavy atom. The molecule has 2 heterocycles. The van der Waals surface area contributed by atoms with Gasteiger partial charge in [-0.15, -0.1) is 0 Å². The summed E-state index contributed by atoms with van der Waals surface area (Å²) in [5.74, 6) is 1.48. The minimum atomic E-state index is 0.213. The van der Waals surface area contributed by atoms with Gasteiger partial charge in [0.25, 0.3) is 5.91 Å². The third kappa shape index (κ3) is 3.46. The zero-order valence-corrected chi connectivity index (χ0v) is 14.9. The van der Waals surface area contributed by atoms with Crippen LogP contribution in [0.4, 0.5) is 0 Å². The molecule has 2 aliphatic rings. The summed E-state index contributed by atoms with van der Waals surface area (Å²) in [7, 11) is 0. The average Bonchev–Trinajstić information content (AvgIpc) is 3.15. The highest BCUT2D eigenvalue weighted by Crippen LogP contribution is 2.35. The van der Waals surface area contributed by atoms with Gasteiger partial charge in [0.1, 0.15) is 0 Å². The van der Waals surface area contributed by atoms with Gasteiger partial charge >= 0.3 is 0 Å². The fourth-order valence-electron chi connectivity index (χ4n) is 4.39. The second-order valence-electron chi connectivity index (χ2n) is 7.83. The highest BCUT2D eigenvalue weighted by atomic mass is 16.2. The lowest BCUT2D eigenvalue weighted by molar-refractivity contribution is 0.0660. The smallest absolute Gasteiger partial charge is 0.257 e. The van der Waals surface area contributed by atoms with Gasteiger partial charge in [0.15, 0.2) is 0 Å². The van der Waals surface area contributed by atoms with Crippen molar-refractivity contribution in [3.8, 4) is 0 Å². The van der Waals surface area contributed by atoms with E-state index in [1.165, 1.54) is 38.5 Å². The van der Waals surface area contributed by atoms with Crippen molar-refractivity contribution < 1.29 is 4.79 Å². The molecular formula is C19H31N3O. The molecule has 0 unspecified atom stereocenters. The maximum absolute atomic E-state index is 13.1. The van der Waals surface area contributed by atoms with Gasteiger partial charge < -0.3 is 4.90 Å². The minimum Gasteiger partial charge on any atom is -0.335 e. The maximum Gasteiger partial charge on any atom is 0.257 e. The van der Waals surface area contributed by atoms with E-state index in [2.05, 4.69) is 23.8 Å². The van der Waals surface area contributed by atoms with Crippen LogP contribution in [0.15, 0.2) is 6.20 Å². The van der Waals surface area contributed by atoms with Crippen LogP contribution in [0.25, 0.3) is 0 Å². The molecule has 0 spiro atoms. The summed E-state index contributed by atoms with van der Waals surface area (Å²) in [6, 6.07) is 0.468. The molecule has 1 aromatic heterocycles. The van der Waals surface area contributed by atoms with Crippen molar-refractivity contribution in [3.63, 3.8) is 0 Å². The standard InChI is InChI=1S/C19H31N3O/c1-14(2)13-22-15(3)17(12-20-22)19(23)21-11-7-10-18(21)16-8-5-4-6-9-16/h12,14,16,18H,4-11,13H2,1-3H3/t18-/m1/s1. The van der Waals surface area contributed by atoms with E-state index >= 15 is 0 Å². The lowest BCUT2D eigenvalue weighted by Crippen LogP contribution is -2.41. The van der Waals surface area contributed by atoms with Crippen molar-refractivity contribution in [3.05, 3.63) is 17.5 Å². The molecule has 128 valence electrons. The highest BCUT2D eigenvalue weighted by molar-refractivity contribution is 5.95. The predicted molar refractivity (Wildman–Crippen MR) is 92.4 cm³/mol. The molecule has 1 saturated heterocycles. The third-order valence-electron chi connectivity index (χ3n) is 5.63. The Hall–Kier alpha value is -1.32. The molecule has 0 N–H and O–H groups in total. The van der Waals surface area contributed by atoms with Gasteiger partial charge in [0.05, 0.1) is 11.8 Å². The fraction of sp³-hybridized carbons (Fsp3) is 0.789. The number of hydrogen-bond acceptors (Lipinski definition) is 2. The van der Waals surface area contributed by atoms with Crippen molar-refractivity contribution in [1.29, 1.82) is 0 Å².